The number of benzene rings is 2. The fourth-order valence-electron chi connectivity index (χ4n) is 3.95. The largest absolute Gasteiger partial charge is 0.366 e. The summed E-state index contributed by atoms with van der Waals surface area (Å²) in [6.45, 7) is 2.09. The van der Waals surface area contributed by atoms with E-state index < -0.39 is 11.9 Å². The van der Waals surface area contributed by atoms with E-state index in [1.54, 1.807) is 24.5 Å². The van der Waals surface area contributed by atoms with E-state index in [-0.39, 0.29) is 10.9 Å². The number of carbonyl (C=O) groups is 1. The predicted molar refractivity (Wildman–Crippen MR) is 124 cm³/mol. The normalized spacial score (nSPS) is 16.7. The summed E-state index contributed by atoms with van der Waals surface area (Å²) in [6, 6.07) is 14.1. The number of nitrogens with zero attached hydrogens (tertiary/aromatic N) is 3. The topological polar surface area (TPSA) is 83.1 Å². The number of aromatic amines is 1. The molecule has 3 heterocycles. The van der Waals surface area contributed by atoms with Crippen molar-refractivity contribution in [1.82, 2.24) is 20.1 Å². The third-order valence-electron chi connectivity index (χ3n) is 5.62. The minimum atomic E-state index is -0.616. The van der Waals surface area contributed by atoms with Crippen molar-refractivity contribution < 1.29 is 13.9 Å². The molecule has 2 aromatic heterocycles. The van der Waals surface area contributed by atoms with Gasteiger partial charge in [-0.15, -0.1) is 0 Å². The van der Waals surface area contributed by atoms with Gasteiger partial charge in [0.05, 0.1) is 17.1 Å². The first-order valence-electron chi connectivity index (χ1n) is 10.5. The van der Waals surface area contributed by atoms with Gasteiger partial charge in [-0.2, -0.15) is 5.10 Å². The third kappa shape index (κ3) is 4.73. The lowest BCUT2D eigenvalue weighted by Crippen LogP contribution is -2.47. The average Bonchev–Trinajstić information content (AvgIpc) is 3.25. The number of halogens is 2. The quantitative estimate of drug-likeness (QED) is 0.460. The van der Waals surface area contributed by atoms with E-state index in [2.05, 4.69) is 25.4 Å². The number of carbonyl (C=O) groups excluding carboxylic acids is 1. The smallest absolute Gasteiger partial charge is 0.254 e. The fourth-order valence-corrected chi connectivity index (χ4v) is 4.15. The van der Waals surface area contributed by atoms with Gasteiger partial charge < -0.3 is 10.1 Å². The number of hydrogen-bond donors (Lipinski definition) is 2. The number of aromatic nitrogens is 3. The SMILES string of the molecule is O=C(Nc1ccc2[nH]nc(-c3ccncc3)c2c1)C1CN(Cc2ccc(F)c(Cl)c2)CCO1. The van der Waals surface area contributed by atoms with Crippen LogP contribution in [0.2, 0.25) is 5.02 Å². The summed E-state index contributed by atoms with van der Waals surface area (Å²) in [4.78, 5) is 19.1. The fraction of sp³-hybridized carbons (Fsp3) is 0.208. The average molecular weight is 466 g/mol. The number of nitrogens with one attached hydrogen (secondary N) is 2. The monoisotopic (exact) mass is 465 g/mol. The van der Waals surface area contributed by atoms with E-state index >= 15 is 0 Å². The second-order valence-electron chi connectivity index (χ2n) is 7.90. The molecule has 0 saturated carbocycles. The Morgan fingerprint density at radius 3 is 2.88 bits per heavy atom. The number of fused-ring (bicyclic) bond motifs is 1. The first-order valence-corrected chi connectivity index (χ1v) is 10.9. The van der Waals surface area contributed by atoms with Crippen LogP contribution in [0.3, 0.4) is 0 Å². The molecule has 1 atom stereocenters. The molecule has 1 unspecified atom stereocenters. The van der Waals surface area contributed by atoms with Crippen molar-refractivity contribution in [2.75, 3.05) is 25.0 Å². The Morgan fingerprint density at radius 1 is 1.21 bits per heavy atom. The number of pyridine rings is 1. The first-order chi connectivity index (χ1) is 16.1. The number of morpholine rings is 1. The zero-order valence-corrected chi connectivity index (χ0v) is 18.3. The van der Waals surface area contributed by atoms with Crippen LogP contribution in [0.1, 0.15) is 5.56 Å². The van der Waals surface area contributed by atoms with Gasteiger partial charge in [0.15, 0.2) is 0 Å². The summed E-state index contributed by atoms with van der Waals surface area (Å²) in [5.74, 6) is -0.661. The molecule has 0 radical (unpaired) electrons. The van der Waals surface area contributed by atoms with Crippen molar-refractivity contribution in [1.29, 1.82) is 0 Å². The van der Waals surface area contributed by atoms with Gasteiger partial charge in [0.25, 0.3) is 5.91 Å². The van der Waals surface area contributed by atoms with Crippen molar-refractivity contribution in [3.63, 3.8) is 0 Å². The zero-order chi connectivity index (χ0) is 22.8. The Morgan fingerprint density at radius 2 is 2.06 bits per heavy atom. The Hall–Kier alpha value is -3.33. The number of hydrogen-bond acceptors (Lipinski definition) is 5. The molecular weight excluding hydrogens is 445 g/mol. The second kappa shape index (κ2) is 9.27. The van der Waals surface area contributed by atoms with Crippen LogP contribution in [-0.4, -0.2) is 51.8 Å². The van der Waals surface area contributed by atoms with Crippen LogP contribution in [0.15, 0.2) is 60.9 Å². The molecule has 1 aliphatic heterocycles. The molecule has 5 rings (SSSR count). The summed E-state index contributed by atoms with van der Waals surface area (Å²) >= 11 is 5.89. The van der Waals surface area contributed by atoms with E-state index in [1.165, 1.54) is 6.07 Å². The van der Waals surface area contributed by atoms with E-state index in [0.29, 0.717) is 31.9 Å². The number of anilines is 1. The zero-order valence-electron chi connectivity index (χ0n) is 17.6. The molecule has 1 fully saturated rings. The van der Waals surface area contributed by atoms with E-state index in [9.17, 15) is 9.18 Å². The minimum absolute atomic E-state index is 0.0934. The number of amides is 1. The molecule has 2 N–H and O–H groups in total. The lowest BCUT2D eigenvalue weighted by atomic mass is 10.1. The molecule has 33 heavy (non-hydrogen) atoms. The molecule has 2 aromatic carbocycles. The highest BCUT2D eigenvalue weighted by Crippen LogP contribution is 2.28. The van der Waals surface area contributed by atoms with E-state index in [0.717, 1.165) is 27.7 Å². The van der Waals surface area contributed by atoms with Crippen LogP contribution < -0.4 is 5.32 Å². The van der Waals surface area contributed by atoms with Crippen LogP contribution in [0, 0.1) is 5.82 Å². The summed E-state index contributed by atoms with van der Waals surface area (Å²) in [7, 11) is 0. The number of H-pyrrole nitrogens is 1. The van der Waals surface area contributed by atoms with E-state index in [4.69, 9.17) is 16.3 Å². The third-order valence-corrected chi connectivity index (χ3v) is 5.91. The molecule has 0 bridgehead atoms. The first kappa shape index (κ1) is 21.5. The molecule has 0 aliphatic carbocycles. The highest BCUT2D eigenvalue weighted by Gasteiger charge is 2.27. The summed E-state index contributed by atoms with van der Waals surface area (Å²) in [6.07, 6.45) is 2.82. The van der Waals surface area contributed by atoms with Crippen LogP contribution in [0.4, 0.5) is 10.1 Å². The highest BCUT2D eigenvalue weighted by molar-refractivity contribution is 6.30. The lowest BCUT2D eigenvalue weighted by molar-refractivity contribution is -0.133. The van der Waals surface area contributed by atoms with Gasteiger partial charge in [0.1, 0.15) is 17.6 Å². The molecule has 9 heteroatoms. The summed E-state index contributed by atoms with van der Waals surface area (Å²) < 4.78 is 19.1. The number of rotatable bonds is 5. The van der Waals surface area contributed by atoms with Crippen LogP contribution >= 0.6 is 11.6 Å². The van der Waals surface area contributed by atoms with Crippen molar-refractivity contribution in [3.8, 4) is 11.3 Å². The Bertz CT molecular complexity index is 1300. The van der Waals surface area contributed by atoms with Crippen molar-refractivity contribution in [2.45, 2.75) is 12.6 Å². The molecule has 0 spiro atoms. The molecule has 1 aliphatic rings. The van der Waals surface area contributed by atoms with Gasteiger partial charge in [0.2, 0.25) is 0 Å². The van der Waals surface area contributed by atoms with Gasteiger partial charge in [-0.3, -0.25) is 19.8 Å². The Balaban J connectivity index is 1.28. The molecule has 1 amide bonds. The van der Waals surface area contributed by atoms with Gasteiger partial charge in [-0.25, -0.2) is 4.39 Å². The standard InChI is InChI=1S/C24H21ClFN5O2/c25-19-11-15(1-3-20(19)26)13-31-9-10-33-22(14-31)24(32)28-17-2-4-21-18(12-17)23(30-29-21)16-5-7-27-8-6-16/h1-8,11-12,22H,9-10,13-14H2,(H,28,32)(H,29,30). The molecule has 7 nitrogen and oxygen atoms in total. The van der Waals surface area contributed by atoms with Gasteiger partial charge in [-0.1, -0.05) is 17.7 Å². The second-order valence-corrected chi connectivity index (χ2v) is 8.31. The molecule has 1 saturated heterocycles. The maximum atomic E-state index is 13.4. The summed E-state index contributed by atoms with van der Waals surface area (Å²) in [5, 5.41) is 11.4. The van der Waals surface area contributed by atoms with Crippen molar-refractivity contribution in [2.24, 2.45) is 0 Å². The van der Waals surface area contributed by atoms with Crippen molar-refractivity contribution in [3.05, 3.63) is 77.3 Å². The van der Waals surface area contributed by atoms with Gasteiger partial charge >= 0.3 is 0 Å². The van der Waals surface area contributed by atoms with Gasteiger partial charge in [0, 0.05) is 48.7 Å². The molecule has 168 valence electrons. The van der Waals surface area contributed by atoms with Crippen LogP contribution in [0.5, 0.6) is 0 Å². The lowest BCUT2D eigenvalue weighted by Gasteiger charge is -2.32. The van der Waals surface area contributed by atoms with E-state index in [1.807, 2.05) is 30.3 Å². The highest BCUT2D eigenvalue weighted by atomic mass is 35.5. The Kier molecular flexibility index (Phi) is 6.04. The van der Waals surface area contributed by atoms with Gasteiger partial charge in [-0.05, 0) is 48.0 Å². The molecular formula is C24H21ClFN5O2. The summed E-state index contributed by atoms with van der Waals surface area (Å²) in [5.41, 5.74) is 4.15. The maximum absolute atomic E-state index is 13.4. The van der Waals surface area contributed by atoms with Crippen LogP contribution in [0.25, 0.3) is 22.2 Å². The Labute approximate surface area is 194 Å². The molecule has 4 aromatic rings. The minimum Gasteiger partial charge on any atom is -0.366 e. The van der Waals surface area contributed by atoms with Crippen molar-refractivity contribution >= 4 is 34.1 Å². The van der Waals surface area contributed by atoms with Crippen LogP contribution in [-0.2, 0) is 16.1 Å². The maximum Gasteiger partial charge on any atom is 0.254 e. The number of ether oxygens (including phenoxy) is 1. The predicted octanol–water partition coefficient (Wildman–Crippen LogP) is 4.26.